The van der Waals surface area contributed by atoms with Crippen LogP contribution in [0.2, 0.25) is 0 Å². The number of rotatable bonds is 5. The van der Waals surface area contributed by atoms with Gasteiger partial charge in [0.2, 0.25) is 0 Å². The summed E-state index contributed by atoms with van der Waals surface area (Å²) >= 11 is 0. The first-order valence-corrected chi connectivity index (χ1v) is 6.46. The maximum Gasteiger partial charge on any atom is 0.307 e. The van der Waals surface area contributed by atoms with Crippen molar-refractivity contribution in [2.45, 2.75) is 64.5 Å². The molecule has 1 saturated carbocycles. The summed E-state index contributed by atoms with van der Waals surface area (Å²) < 4.78 is 4.67. The fourth-order valence-electron chi connectivity index (χ4n) is 2.61. The third-order valence-corrected chi connectivity index (χ3v) is 3.60. The molecular formula is C13H25NO2. The Kier molecular flexibility index (Phi) is 5.81. The number of hydrogen-bond donors (Lipinski definition) is 1. The summed E-state index contributed by atoms with van der Waals surface area (Å²) in [6, 6.07) is 0.726. The number of methoxy groups -OCH3 is 1. The van der Waals surface area contributed by atoms with Crippen molar-refractivity contribution in [2.75, 3.05) is 7.11 Å². The van der Waals surface area contributed by atoms with Crippen LogP contribution < -0.4 is 5.32 Å². The smallest absolute Gasteiger partial charge is 0.307 e. The van der Waals surface area contributed by atoms with Gasteiger partial charge < -0.3 is 10.1 Å². The minimum absolute atomic E-state index is 0.129. The van der Waals surface area contributed by atoms with E-state index in [1.54, 1.807) is 0 Å². The molecule has 16 heavy (non-hydrogen) atoms. The second kappa shape index (κ2) is 6.89. The van der Waals surface area contributed by atoms with Crippen molar-refractivity contribution in [2.24, 2.45) is 5.92 Å². The monoisotopic (exact) mass is 227 g/mol. The van der Waals surface area contributed by atoms with Crippen LogP contribution in [0.15, 0.2) is 0 Å². The Morgan fingerprint density at radius 3 is 2.50 bits per heavy atom. The third-order valence-electron chi connectivity index (χ3n) is 3.60. The van der Waals surface area contributed by atoms with Gasteiger partial charge in [-0.2, -0.15) is 0 Å². The molecule has 0 spiro atoms. The van der Waals surface area contributed by atoms with Gasteiger partial charge in [-0.3, -0.25) is 4.79 Å². The van der Waals surface area contributed by atoms with Gasteiger partial charge in [0.1, 0.15) is 0 Å². The number of carbonyl (C=O) groups excluding carboxylic acids is 1. The third kappa shape index (κ3) is 4.52. The van der Waals surface area contributed by atoms with Crippen molar-refractivity contribution in [3.8, 4) is 0 Å². The molecule has 0 aromatic heterocycles. The highest BCUT2D eigenvalue weighted by Crippen LogP contribution is 2.26. The Balaban J connectivity index is 2.26. The predicted octanol–water partition coefficient (Wildman–Crippen LogP) is 2.50. The zero-order valence-corrected chi connectivity index (χ0v) is 10.8. The van der Waals surface area contributed by atoms with Crippen molar-refractivity contribution in [1.29, 1.82) is 0 Å². The van der Waals surface area contributed by atoms with E-state index in [1.165, 1.54) is 39.2 Å². The molecule has 3 heteroatoms. The molecular weight excluding hydrogens is 202 g/mol. The summed E-state index contributed by atoms with van der Waals surface area (Å²) in [5.41, 5.74) is 0. The van der Waals surface area contributed by atoms with Crippen LogP contribution in [-0.2, 0) is 9.53 Å². The normalized spacial score (nSPS) is 21.4. The summed E-state index contributed by atoms with van der Waals surface area (Å²) in [5, 5.41) is 3.51. The van der Waals surface area contributed by atoms with Crippen LogP contribution in [0, 0.1) is 5.92 Å². The number of hydrogen-bond acceptors (Lipinski definition) is 3. The van der Waals surface area contributed by atoms with Gasteiger partial charge in [0.05, 0.1) is 13.5 Å². The molecule has 1 aliphatic rings. The second-order valence-corrected chi connectivity index (χ2v) is 5.03. The largest absolute Gasteiger partial charge is 0.469 e. The second-order valence-electron chi connectivity index (χ2n) is 5.03. The molecule has 1 aliphatic carbocycles. The van der Waals surface area contributed by atoms with E-state index in [1.807, 2.05) is 0 Å². The molecule has 0 amide bonds. The lowest BCUT2D eigenvalue weighted by Crippen LogP contribution is -2.41. The van der Waals surface area contributed by atoms with Crippen LogP contribution in [0.25, 0.3) is 0 Å². The molecule has 1 rings (SSSR count). The van der Waals surface area contributed by atoms with Gasteiger partial charge in [-0.05, 0) is 32.6 Å². The summed E-state index contributed by atoms with van der Waals surface area (Å²) in [6.07, 6.45) is 7.25. The number of carbonyl (C=O) groups is 1. The molecule has 2 atom stereocenters. The van der Waals surface area contributed by atoms with Crippen molar-refractivity contribution < 1.29 is 9.53 Å². The molecule has 0 aromatic rings. The van der Waals surface area contributed by atoms with E-state index in [0.717, 1.165) is 5.92 Å². The molecule has 0 aromatic carbocycles. The van der Waals surface area contributed by atoms with Crippen molar-refractivity contribution in [3.63, 3.8) is 0 Å². The molecule has 0 radical (unpaired) electrons. The molecule has 2 unspecified atom stereocenters. The standard InChI is InChI=1S/C13H25NO2/c1-10(9-13(15)16-3)14-11(2)12-7-5-4-6-8-12/h10-12,14H,4-9H2,1-3H3. The van der Waals surface area contributed by atoms with E-state index in [9.17, 15) is 4.79 Å². The molecule has 1 N–H and O–H groups in total. The Morgan fingerprint density at radius 1 is 1.31 bits per heavy atom. The minimum Gasteiger partial charge on any atom is -0.469 e. The first-order valence-electron chi connectivity index (χ1n) is 6.46. The van der Waals surface area contributed by atoms with Crippen molar-refractivity contribution >= 4 is 5.97 Å². The summed E-state index contributed by atoms with van der Waals surface area (Å²) in [6.45, 7) is 4.29. The van der Waals surface area contributed by atoms with E-state index in [4.69, 9.17) is 0 Å². The average Bonchev–Trinajstić information content (AvgIpc) is 2.29. The van der Waals surface area contributed by atoms with Crippen LogP contribution in [-0.4, -0.2) is 25.2 Å². The molecule has 94 valence electrons. The predicted molar refractivity (Wildman–Crippen MR) is 65.3 cm³/mol. The van der Waals surface area contributed by atoms with E-state index in [2.05, 4.69) is 23.9 Å². The number of esters is 1. The van der Waals surface area contributed by atoms with Crippen molar-refractivity contribution in [1.82, 2.24) is 5.32 Å². The highest BCUT2D eigenvalue weighted by Gasteiger charge is 2.21. The zero-order valence-electron chi connectivity index (χ0n) is 10.8. The lowest BCUT2D eigenvalue weighted by atomic mass is 9.84. The maximum absolute atomic E-state index is 11.1. The molecule has 0 aliphatic heterocycles. The van der Waals surface area contributed by atoms with Gasteiger partial charge in [0.15, 0.2) is 0 Å². The highest BCUT2D eigenvalue weighted by molar-refractivity contribution is 5.69. The molecule has 0 heterocycles. The highest BCUT2D eigenvalue weighted by atomic mass is 16.5. The average molecular weight is 227 g/mol. The number of ether oxygens (including phenoxy) is 1. The molecule has 3 nitrogen and oxygen atoms in total. The lowest BCUT2D eigenvalue weighted by Gasteiger charge is -2.30. The minimum atomic E-state index is -0.129. The van der Waals surface area contributed by atoms with Crippen molar-refractivity contribution in [3.05, 3.63) is 0 Å². The van der Waals surface area contributed by atoms with Crippen LogP contribution in [0.1, 0.15) is 52.4 Å². The van der Waals surface area contributed by atoms with Gasteiger partial charge in [0, 0.05) is 12.1 Å². The topological polar surface area (TPSA) is 38.3 Å². The van der Waals surface area contributed by atoms with Gasteiger partial charge in [-0.15, -0.1) is 0 Å². The van der Waals surface area contributed by atoms with Gasteiger partial charge in [0.25, 0.3) is 0 Å². The maximum atomic E-state index is 11.1. The van der Waals surface area contributed by atoms with E-state index in [-0.39, 0.29) is 12.0 Å². The molecule has 0 bridgehead atoms. The Hall–Kier alpha value is -0.570. The summed E-state index contributed by atoms with van der Waals surface area (Å²) in [4.78, 5) is 11.1. The van der Waals surface area contributed by atoms with Gasteiger partial charge in [-0.25, -0.2) is 0 Å². The summed E-state index contributed by atoms with van der Waals surface area (Å²) in [5.74, 6) is 0.657. The zero-order chi connectivity index (χ0) is 12.0. The van der Waals surface area contributed by atoms with E-state index in [0.29, 0.717) is 12.5 Å². The van der Waals surface area contributed by atoms with E-state index < -0.39 is 0 Å². The number of nitrogens with one attached hydrogen (secondary N) is 1. The van der Waals surface area contributed by atoms with Crippen LogP contribution in [0.4, 0.5) is 0 Å². The fourth-order valence-corrected chi connectivity index (χ4v) is 2.61. The van der Waals surface area contributed by atoms with Gasteiger partial charge in [-0.1, -0.05) is 19.3 Å². The first kappa shape index (κ1) is 13.5. The van der Waals surface area contributed by atoms with Crippen LogP contribution in [0.5, 0.6) is 0 Å². The molecule has 1 fully saturated rings. The lowest BCUT2D eigenvalue weighted by molar-refractivity contribution is -0.141. The Labute approximate surface area is 98.9 Å². The Bertz CT molecular complexity index is 212. The fraction of sp³-hybridized carbons (Fsp3) is 0.923. The van der Waals surface area contributed by atoms with E-state index >= 15 is 0 Å². The van der Waals surface area contributed by atoms with Crippen LogP contribution in [0.3, 0.4) is 0 Å². The van der Waals surface area contributed by atoms with Gasteiger partial charge >= 0.3 is 5.97 Å². The quantitative estimate of drug-likeness (QED) is 0.733. The summed E-state index contributed by atoms with van der Waals surface area (Å²) in [7, 11) is 1.44. The first-order chi connectivity index (χ1) is 7.63. The Morgan fingerprint density at radius 2 is 1.94 bits per heavy atom. The van der Waals surface area contributed by atoms with Crippen LogP contribution >= 0.6 is 0 Å². The molecule has 0 saturated heterocycles. The SMILES string of the molecule is COC(=O)CC(C)NC(C)C1CCCCC1.